The number of hydrazine groups is 1. The van der Waals surface area contributed by atoms with Crippen LogP contribution in [-0.4, -0.2) is 11.7 Å². The number of nitrogens with zero attached hydrogens (tertiary/aromatic N) is 2. The van der Waals surface area contributed by atoms with Crippen LogP contribution in [0.1, 0.15) is 16.7 Å². The van der Waals surface area contributed by atoms with Gasteiger partial charge in [-0.2, -0.15) is 5.26 Å². The highest BCUT2D eigenvalue weighted by atomic mass is 15.5. The van der Waals surface area contributed by atoms with Gasteiger partial charge in [-0.3, -0.25) is 0 Å². The lowest BCUT2D eigenvalue weighted by atomic mass is 10.1. The first-order chi connectivity index (χ1) is 9.81. The van der Waals surface area contributed by atoms with Gasteiger partial charge in [-0.25, -0.2) is 10.4 Å². The number of hydrogen-bond donors (Lipinski definition) is 2. The molecule has 0 aromatic heterocycles. The molecule has 0 saturated carbocycles. The van der Waals surface area contributed by atoms with Crippen molar-refractivity contribution in [2.24, 2.45) is 5.73 Å². The lowest BCUT2D eigenvalue weighted by molar-refractivity contribution is 0.179. The molecule has 0 unspecified atom stereocenters. The Labute approximate surface area is 119 Å². The van der Waals surface area contributed by atoms with Gasteiger partial charge >= 0.3 is 0 Å². The first kappa shape index (κ1) is 14.2. The van der Waals surface area contributed by atoms with E-state index in [0.717, 1.165) is 12.1 Å². The minimum atomic E-state index is 0.436. The van der Waals surface area contributed by atoms with Gasteiger partial charge in [0.05, 0.1) is 18.3 Å². The Kier molecular flexibility index (Phi) is 5.27. The summed E-state index contributed by atoms with van der Waals surface area (Å²) >= 11 is 0. The van der Waals surface area contributed by atoms with Crippen molar-refractivity contribution in [3.05, 3.63) is 71.3 Å². The molecule has 2 rings (SSSR count). The molecule has 0 aliphatic heterocycles. The van der Waals surface area contributed by atoms with E-state index in [0.29, 0.717) is 18.8 Å². The van der Waals surface area contributed by atoms with Crippen LogP contribution in [0.25, 0.3) is 0 Å². The van der Waals surface area contributed by atoms with Gasteiger partial charge in [0.15, 0.2) is 0 Å². The van der Waals surface area contributed by atoms with Crippen molar-refractivity contribution >= 4 is 0 Å². The summed E-state index contributed by atoms with van der Waals surface area (Å²) in [5, 5.41) is 10.7. The van der Waals surface area contributed by atoms with E-state index in [1.165, 1.54) is 5.56 Å². The zero-order valence-electron chi connectivity index (χ0n) is 11.3. The topological polar surface area (TPSA) is 65.1 Å². The lowest BCUT2D eigenvalue weighted by Crippen LogP contribution is -2.40. The molecule has 2 aromatic rings. The number of nitriles is 1. The molecule has 3 N–H and O–H groups in total. The molecule has 0 aliphatic carbocycles. The molecule has 20 heavy (non-hydrogen) atoms. The van der Waals surface area contributed by atoms with E-state index >= 15 is 0 Å². The molecular formula is C16H18N4. The van der Waals surface area contributed by atoms with Crippen LogP contribution >= 0.6 is 0 Å². The molecule has 0 amide bonds. The quantitative estimate of drug-likeness (QED) is 0.620. The molecule has 0 spiro atoms. The third-order valence-corrected chi connectivity index (χ3v) is 3.03. The molecule has 0 bridgehead atoms. The SMILES string of the molecule is N#Cc1ccc(CNN(CN)Cc2ccccc2)cc1. The zero-order valence-corrected chi connectivity index (χ0v) is 11.3. The van der Waals surface area contributed by atoms with Crippen molar-refractivity contribution in [1.82, 2.24) is 10.4 Å². The summed E-state index contributed by atoms with van der Waals surface area (Å²) in [6.45, 7) is 1.88. The van der Waals surface area contributed by atoms with Crippen LogP contribution in [0.2, 0.25) is 0 Å². The molecule has 0 fully saturated rings. The fourth-order valence-electron chi connectivity index (χ4n) is 1.89. The minimum Gasteiger partial charge on any atom is -0.317 e. The second-order valence-corrected chi connectivity index (χ2v) is 4.51. The Morgan fingerprint density at radius 2 is 1.70 bits per heavy atom. The van der Waals surface area contributed by atoms with Crippen LogP contribution in [-0.2, 0) is 13.1 Å². The van der Waals surface area contributed by atoms with Crippen LogP contribution in [0, 0.1) is 11.3 Å². The molecule has 4 nitrogen and oxygen atoms in total. The fourth-order valence-corrected chi connectivity index (χ4v) is 1.89. The molecule has 0 aliphatic rings. The average Bonchev–Trinajstić information content (AvgIpc) is 2.53. The molecule has 2 aromatic carbocycles. The molecule has 0 heterocycles. The highest BCUT2D eigenvalue weighted by Crippen LogP contribution is 2.05. The monoisotopic (exact) mass is 266 g/mol. The predicted octanol–water partition coefficient (Wildman–Crippen LogP) is 1.98. The van der Waals surface area contributed by atoms with Crippen LogP contribution in [0.15, 0.2) is 54.6 Å². The van der Waals surface area contributed by atoms with Crippen LogP contribution in [0.3, 0.4) is 0 Å². The smallest absolute Gasteiger partial charge is 0.0991 e. The largest absolute Gasteiger partial charge is 0.317 e. The Balaban J connectivity index is 1.88. The number of hydrogen-bond acceptors (Lipinski definition) is 4. The Hall–Kier alpha value is -2.19. The summed E-state index contributed by atoms with van der Waals surface area (Å²) in [7, 11) is 0. The van der Waals surface area contributed by atoms with Crippen molar-refractivity contribution in [1.29, 1.82) is 5.26 Å². The van der Waals surface area contributed by atoms with Crippen LogP contribution in [0.4, 0.5) is 0 Å². The molecule has 0 saturated heterocycles. The summed E-state index contributed by atoms with van der Waals surface area (Å²) in [6, 6.07) is 19.8. The van der Waals surface area contributed by atoms with Gasteiger partial charge in [0.1, 0.15) is 0 Å². The van der Waals surface area contributed by atoms with Gasteiger partial charge in [-0.1, -0.05) is 42.5 Å². The fraction of sp³-hybridized carbons (Fsp3) is 0.188. The molecular weight excluding hydrogens is 248 g/mol. The highest BCUT2D eigenvalue weighted by Gasteiger charge is 2.03. The Morgan fingerprint density at radius 3 is 2.30 bits per heavy atom. The van der Waals surface area contributed by atoms with Crippen molar-refractivity contribution < 1.29 is 0 Å². The summed E-state index contributed by atoms with van der Waals surface area (Å²) in [5.74, 6) is 0. The summed E-state index contributed by atoms with van der Waals surface area (Å²) in [4.78, 5) is 0. The van der Waals surface area contributed by atoms with Crippen LogP contribution in [0.5, 0.6) is 0 Å². The standard InChI is InChI=1S/C16H18N4/c17-10-14-6-8-15(9-7-14)11-19-20(13-18)12-16-4-2-1-3-5-16/h1-9,19H,11-13,18H2. The third-order valence-electron chi connectivity index (χ3n) is 3.03. The van der Waals surface area contributed by atoms with Gasteiger partial charge in [-0.15, -0.1) is 0 Å². The van der Waals surface area contributed by atoms with E-state index < -0.39 is 0 Å². The van der Waals surface area contributed by atoms with E-state index in [1.807, 2.05) is 47.5 Å². The molecule has 4 heteroatoms. The van der Waals surface area contributed by atoms with Crippen molar-refractivity contribution in [2.45, 2.75) is 13.1 Å². The minimum absolute atomic E-state index is 0.436. The summed E-state index contributed by atoms with van der Waals surface area (Å²) in [5.41, 5.74) is 12.1. The number of nitrogens with one attached hydrogen (secondary N) is 1. The van der Waals surface area contributed by atoms with Gasteiger partial charge in [0, 0.05) is 13.1 Å². The number of rotatable bonds is 6. The normalized spacial score (nSPS) is 10.4. The van der Waals surface area contributed by atoms with Crippen molar-refractivity contribution in [3.63, 3.8) is 0 Å². The van der Waals surface area contributed by atoms with E-state index in [9.17, 15) is 0 Å². The second kappa shape index (κ2) is 7.41. The van der Waals surface area contributed by atoms with E-state index in [1.54, 1.807) is 0 Å². The second-order valence-electron chi connectivity index (χ2n) is 4.51. The Bertz CT molecular complexity index is 557. The average molecular weight is 266 g/mol. The first-order valence-corrected chi connectivity index (χ1v) is 6.53. The number of benzene rings is 2. The maximum atomic E-state index is 8.76. The predicted molar refractivity (Wildman–Crippen MR) is 79.0 cm³/mol. The maximum absolute atomic E-state index is 8.76. The number of nitrogens with two attached hydrogens (primary N) is 1. The summed E-state index contributed by atoms with van der Waals surface area (Å²) in [6.07, 6.45) is 0. The van der Waals surface area contributed by atoms with Gasteiger partial charge < -0.3 is 5.73 Å². The lowest BCUT2D eigenvalue weighted by Gasteiger charge is -2.21. The van der Waals surface area contributed by atoms with Gasteiger partial charge in [0.25, 0.3) is 0 Å². The van der Waals surface area contributed by atoms with E-state index in [2.05, 4.69) is 23.6 Å². The molecule has 102 valence electrons. The van der Waals surface area contributed by atoms with Gasteiger partial charge in [-0.05, 0) is 23.3 Å². The van der Waals surface area contributed by atoms with E-state index in [-0.39, 0.29) is 0 Å². The van der Waals surface area contributed by atoms with E-state index in [4.69, 9.17) is 11.0 Å². The Morgan fingerprint density at radius 1 is 1.00 bits per heavy atom. The first-order valence-electron chi connectivity index (χ1n) is 6.53. The van der Waals surface area contributed by atoms with Gasteiger partial charge in [0.2, 0.25) is 0 Å². The zero-order chi connectivity index (χ0) is 14.2. The van der Waals surface area contributed by atoms with Crippen LogP contribution < -0.4 is 11.2 Å². The van der Waals surface area contributed by atoms with Crippen molar-refractivity contribution in [3.8, 4) is 6.07 Å². The van der Waals surface area contributed by atoms with Crippen molar-refractivity contribution in [2.75, 3.05) is 6.67 Å². The maximum Gasteiger partial charge on any atom is 0.0991 e. The molecule has 0 radical (unpaired) electrons. The highest BCUT2D eigenvalue weighted by molar-refractivity contribution is 5.31. The molecule has 0 atom stereocenters. The summed E-state index contributed by atoms with van der Waals surface area (Å²) < 4.78 is 0. The third kappa shape index (κ3) is 4.18.